The number of benzene rings is 8. The predicted molar refractivity (Wildman–Crippen MR) is 233 cm³/mol. The van der Waals surface area contributed by atoms with Crippen molar-refractivity contribution >= 4 is 55.9 Å². The summed E-state index contributed by atoms with van der Waals surface area (Å²) in [4.78, 5) is 19.7. The van der Waals surface area contributed by atoms with Crippen LogP contribution in [0.4, 0.5) is 34.1 Å². The van der Waals surface area contributed by atoms with Crippen LogP contribution < -0.4 is 9.80 Å². The zero-order valence-electron chi connectivity index (χ0n) is 30.8. The molecule has 268 valence electrons. The van der Waals surface area contributed by atoms with Crippen LogP contribution in [0.15, 0.2) is 206 Å². The lowest BCUT2D eigenvalue weighted by molar-refractivity contribution is 1.07. The first-order valence-electron chi connectivity index (χ1n) is 19.1. The van der Waals surface area contributed by atoms with Crippen molar-refractivity contribution in [1.82, 2.24) is 19.5 Å². The third kappa shape index (κ3) is 5.54. The molecule has 57 heavy (non-hydrogen) atoms. The van der Waals surface area contributed by atoms with Gasteiger partial charge in [0.25, 0.3) is 0 Å². The van der Waals surface area contributed by atoms with Crippen LogP contribution in [-0.4, -0.2) is 19.5 Å². The van der Waals surface area contributed by atoms with E-state index in [1.165, 1.54) is 10.8 Å². The summed E-state index contributed by atoms with van der Waals surface area (Å²) >= 11 is 0. The third-order valence-corrected chi connectivity index (χ3v) is 10.7. The molecule has 0 spiro atoms. The van der Waals surface area contributed by atoms with E-state index < -0.39 is 0 Å². The average molecular weight is 731 g/mol. The zero-order chi connectivity index (χ0) is 37.7. The fraction of sp³-hybridized carbons (Fsp3) is 0. The van der Waals surface area contributed by atoms with E-state index in [1.807, 2.05) is 60.7 Å². The van der Waals surface area contributed by atoms with Gasteiger partial charge in [0.1, 0.15) is 0 Å². The van der Waals surface area contributed by atoms with Crippen molar-refractivity contribution in [3.05, 3.63) is 206 Å². The predicted octanol–water partition coefficient (Wildman–Crippen LogP) is 13.2. The average Bonchev–Trinajstić information content (AvgIpc) is 3.61. The lowest BCUT2D eigenvalue weighted by atomic mass is 10.0. The number of para-hydroxylation sites is 5. The number of aromatic nitrogens is 4. The van der Waals surface area contributed by atoms with Crippen LogP contribution in [0.25, 0.3) is 61.7 Å². The topological polar surface area (TPSA) is 50.1 Å². The Morgan fingerprint density at radius 2 is 0.702 bits per heavy atom. The largest absolute Gasteiger partial charge is 0.309 e. The molecule has 8 aromatic carbocycles. The van der Waals surface area contributed by atoms with Crippen molar-refractivity contribution < 1.29 is 0 Å². The first kappa shape index (κ1) is 32.6. The summed E-state index contributed by atoms with van der Waals surface area (Å²) in [5, 5.41) is 2.37. The van der Waals surface area contributed by atoms with Crippen molar-refractivity contribution in [3.8, 4) is 39.9 Å². The van der Waals surface area contributed by atoms with Gasteiger partial charge in [-0.25, -0.2) is 15.0 Å². The fourth-order valence-corrected chi connectivity index (χ4v) is 8.14. The van der Waals surface area contributed by atoms with Crippen molar-refractivity contribution in [2.75, 3.05) is 9.80 Å². The van der Waals surface area contributed by atoms with E-state index >= 15 is 0 Å². The second kappa shape index (κ2) is 13.5. The maximum atomic E-state index is 4.99. The Balaban J connectivity index is 1.10. The summed E-state index contributed by atoms with van der Waals surface area (Å²) in [6, 6.07) is 72.2. The molecule has 6 nitrogen and oxygen atoms in total. The number of rotatable bonds is 6. The third-order valence-electron chi connectivity index (χ3n) is 10.7. The number of hydrogen-bond donors (Lipinski definition) is 0. The van der Waals surface area contributed by atoms with Gasteiger partial charge in [-0.15, -0.1) is 0 Å². The van der Waals surface area contributed by atoms with E-state index in [0.717, 1.165) is 67.5 Å². The minimum atomic E-state index is 0.628. The summed E-state index contributed by atoms with van der Waals surface area (Å²) in [6.45, 7) is 0. The van der Waals surface area contributed by atoms with Crippen molar-refractivity contribution in [2.24, 2.45) is 0 Å². The molecule has 0 unspecified atom stereocenters. The van der Waals surface area contributed by atoms with E-state index in [9.17, 15) is 0 Å². The molecule has 0 aliphatic carbocycles. The highest BCUT2D eigenvalue weighted by Gasteiger charge is 2.32. The molecule has 0 bridgehead atoms. The minimum absolute atomic E-state index is 0.628. The van der Waals surface area contributed by atoms with Gasteiger partial charge >= 0.3 is 0 Å². The van der Waals surface area contributed by atoms with E-state index in [0.29, 0.717) is 17.5 Å². The Kier molecular flexibility index (Phi) is 7.71. The van der Waals surface area contributed by atoms with Gasteiger partial charge in [0.2, 0.25) is 0 Å². The Morgan fingerprint density at radius 1 is 0.281 bits per heavy atom. The summed E-state index contributed by atoms with van der Waals surface area (Å²) in [5.41, 5.74) is 12.8. The van der Waals surface area contributed by atoms with Crippen molar-refractivity contribution in [2.45, 2.75) is 0 Å². The maximum Gasteiger partial charge on any atom is 0.164 e. The molecule has 0 amide bonds. The van der Waals surface area contributed by atoms with E-state index in [2.05, 4.69) is 160 Å². The van der Waals surface area contributed by atoms with Gasteiger partial charge in [0, 0.05) is 44.5 Å². The molecular formula is C51H34N6. The second-order valence-electron chi connectivity index (χ2n) is 14.1. The van der Waals surface area contributed by atoms with Gasteiger partial charge in [-0.1, -0.05) is 127 Å². The van der Waals surface area contributed by atoms with Gasteiger partial charge in [0.15, 0.2) is 17.5 Å². The first-order chi connectivity index (χ1) is 28.3. The highest BCUT2D eigenvalue weighted by molar-refractivity contribution is 6.15. The summed E-state index contributed by atoms with van der Waals surface area (Å²) in [7, 11) is 0. The van der Waals surface area contributed by atoms with Crippen LogP contribution in [-0.2, 0) is 0 Å². The molecule has 0 radical (unpaired) electrons. The monoisotopic (exact) mass is 730 g/mol. The molecule has 0 saturated heterocycles. The highest BCUT2D eigenvalue weighted by Crippen LogP contribution is 2.55. The van der Waals surface area contributed by atoms with Crippen LogP contribution in [0.5, 0.6) is 0 Å². The minimum Gasteiger partial charge on any atom is -0.309 e. The highest BCUT2D eigenvalue weighted by atomic mass is 15.3. The molecular weight excluding hydrogens is 697 g/mol. The second-order valence-corrected chi connectivity index (χ2v) is 14.1. The van der Waals surface area contributed by atoms with Crippen molar-refractivity contribution in [3.63, 3.8) is 0 Å². The molecule has 2 aromatic heterocycles. The Morgan fingerprint density at radius 3 is 1.23 bits per heavy atom. The molecule has 3 heterocycles. The quantitative estimate of drug-likeness (QED) is 0.170. The SMILES string of the molecule is c1ccc(-c2nc(-c3ccccc3)nc(-c3ccc(-n4c5ccccc5c5cc6c(cc54)N(c4ccccc4)c4ccccc4N6c4ccccc4)cc3)n2)cc1. The molecule has 1 aliphatic heterocycles. The van der Waals surface area contributed by atoms with E-state index in [4.69, 9.17) is 15.0 Å². The fourth-order valence-electron chi connectivity index (χ4n) is 8.14. The molecule has 1 aliphatic rings. The van der Waals surface area contributed by atoms with E-state index in [-0.39, 0.29) is 0 Å². The standard InChI is InChI=1S/C51H34N6/c1-5-17-35(18-6-1)49-52-50(36-19-7-2-8-20-36)54-51(53-49)37-29-31-40(32-30-37)55-43-26-14-13-25-41(43)42-33-47-48(34-46(42)55)57(39-23-11-4-12-24-39)45-28-16-15-27-44(45)56(47)38-21-9-3-10-22-38/h1-34H. The van der Waals surface area contributed by atoms with Gasteiger partial charge in [-0.05, 0) is 78.9 Å². The summed E-state index contributed by atoms with van der Waals surface area (Å²) < 4.78 is 2.38. The Bertz CT molecular complexity index is 3000. The van der Waals surface area contributed by atoms with Crippen LogP contribution in [0, 0.1) is 0 Å². The summed E-state index contributed by atoms with van der Waals surface area (Å²) in [5.74, 6) is 1.92. The molecule has 0 N–H and O–H groups in total. The normalized spacial score (nSPS) is 12.1. The van der Waals surface area contributed by atoms with E-state index in [1.54, 1.807) is 0 Å². The molecule has 11 rings (SSSR count). The lowest BCUT2D eigenvalue weighted by Crippen LogP contribution is -2.24. The molecule has 0 saturated carbocycles. The van der Waals surface area contributed by atoms with Gasteiger partial charge in [-0.2, -0.15) is 0 Å². The number of hydrogen-bond acceptors (Lipinski definition) is 5. The van der Waals surface area contributed by atoms with Crippen LogP contribution >= 0.6 is 0 Å². The van der Waals surface area contributed by atoms with Crippen LogP contribution in [0.3, 0.4) is 0 Å². The number of nitrogens with zero attached hydrogens (tertiary/aromatic N) is 6. The molecule has 10 aromatic rings. The van der Waals surface area contributed by atoms with Crippen LogP contribution in [0.1, 0.15) is 0 Å². The first-order valence-corrected chi connectivity index (χ1v) is 19.1. The number of anilines is 6. The number of fused-ring (bicyclic) bond motifs is 5. The van der Waals surface area contributed by atoms with Gasteiger partial charge in [-0.3, -0.25) is 0 Å². The van der Waals surface area contributed by atoms with Crippen molar-refractivity contribution in [1.29, 1.82) is 0 Å². The Hall–Kier alpha value is -7.83. The Labute approximate surface area is 330 Å². The summed E-state index contributed by atoms with van der Waals surface area (Å²) in [6.07, 6.45) is 0. The van der Waals surface area contributed by atoms with Gasteiger partial charge < -0.3 is 14.4 Å². The van der Waals surface area contributed by atoms with Crippen LogP contribution in [0.2, 0.25) is 0 Å². The molecule has 6 heteroatoms. The maximum absolute atomic E-state index is 4.99. The molecule has 0 atom stereocenters. The molecule has 0 fully saturated rings. The lowest BCUT2D eigenvalue weighted by Gasteiger charge is -2.40. The zero-order valence-corrected chi connectivity index (χ0v) is 30.8. The van der Waals surface area contributed by atoms with Gasteiger partial charge in [0.05, 0.1) is 33.8 Å². The smallest absolute Gasteiger partial charge is 0.164 e.